The molecule has 0 unspecified atom stereocenters. The van der Waals surface area contributed by atoms with Gasteiger partial charge in [-0.2, -0.15) is 5.06 Å². The van der Waals surface area contributed by atoms with Crippen LogP contribution in [0.4, 0.5) is 0 Å². The van der Waals surface area contributed by atoms with Gasteiger partial charge in [0.15, 0.2) is 5.76 Å². The zero-order valence-electron chi connectivity index (χ0n) is 34.4. The molecule has 1 heterocycles. The standard InChI is InChI=1S/C43H56N4O11/c1-8-11-13-18-31(34(9-2)47(27-48)58-42(54)43(5,6)7)38(50)44-26-45-40(52)36-22-21-35(57-36)30-19-20-32(37(24-30)55-10-3)39(51)46-33(23-28(4)49)41(53)56-25-29-16-14-12-15-17-29/h12,14-17,19-22,24,27,31,33-34H,8-11,13,18,23,25-26H2,1-7H3,(H,44,50)(H,45,52)(H,46,51)/t31-,33+,34-/m1/s1. The maximum absolute atomic E-state index is 13.5. The number of hydrogen-bond donors (Lipinski definition) is 3. The van der Waals surface area contributed by atoms with Crippen molar-refractivity contribution in [2.24, 2.45) is 11.3 Å². The van der Waals surface area contributed by atoms with Crippen LogP contribution >= 0.6 is 0 Å². The van der Waals surface area contributed by atoms with Crippen LogP contribution in [-0.4, -0.2) is 72.3 Å². The third-order valence-corrected chi connectivity index (χ3v) is 9.03. The second kappa shape index (κ2) is 22.7. The van der Waals surface area contributed by atoms with Crippen molar-refractivity contribution in [1.29, 1.82) is 0 Å². The normalized spacial score (nSPS) is 12.6. The Hall–Kier alpha value is -5.99. The second-order valence-corrected chi connectivity index (χ2v) is 14.7. The summed E-state index contributed by atoms with van der Waals surface area (Å²) < 4.78 is 17.0. The molecule has 0 fully saturated rings. The predicted molar refractivity (Wildman–Crippen MR) is 214 cm³/mol. The monoisotopic (exact) mass is 804 g/mol. The van der Waals surface area contributed by atoms with Crippen LogP contribution in [0, 0.1) is 11.3 Å². The van der Waals surface area contributed by atoms with Crippen LogP contribution in [-0.2, 0) is 40.2 Å². The van der Waals surface area contributed by atoms with Gasteiger partial charge in [0.1, 0.15) is 29.9 Å². The van der Waals surface area contributed by atoms with E-state index in [4.69, 9.17) is 18.7 Å². The molecule has 0 aliphatic rings. The molecule has 314 valence electrons. The first-order valence-electron chi connectivity index (χ1n) is 19.5. The van der Waals surface area contributed by atoms with Gasteiger partial charge in [0.25, 0.3) is 11.8 Å². The molecule has 0 radical (unpaired) electrons. The summed E-state index contributed by atoms with van der Waals surface area (Å²) in [7, 11) is 0. The number of benzene rings is 2. The van der Waals surface area contributed by atoms with E-state index in [1.54, 1.807) is 77.1 Å². The molecule has 3 rings (SSSR count). The molecule has 0 aliphatic carbocycles. The van der Waals surface area contributed by atoms with E-state index in [1.807, 2.05) is 13.0 Å². The summed E-state index contributed by atoms with van der Waals surface area (Å²) in [5.74, 6) is -3.73. The van der Waals surface area contributed by atoms with Crippen molar-refractivity contribution >= 4 is 41.9 Å². The van der Waals surface area contributed by atoms with E-state index in [-0.39, 0.29) is 54.9 Å². The maximum Gasteiger partial charge on any atom is 0.337 e. The zero-order valence-corrected chi connectivity index (χ0v) is 34.4. The highest BCUT2D eigenvalue weighted by Crippen LogP contribution is 2.30. The van der Waals surface area contributed by atoms with E-state index in [1.165, 1.54) is 19.1 Å². The summed E-state index contributed by atoms with van der Waals surface area (Å²) in [4.78, 5) is 94.9. The summed E-state index contributed by atoms with van der Waals surface area (Å²) >= 11 is 0. The Morgan fingerprint density at radius 2 is 1.62 bits per heavy atom. The summed E-state index contributed by atoms with van der Waals surface area (Å²) in [5, 5.41) is 8.83. The quantitative estimate of drug-likeness (QED) is 0.0339. The Morgan fingerprint density at radius 1 is 0.897 bits per heavy atom. The molecule has 0 bridgehead atoms. The Kier molecular flexibility index (Phi) is 18.1. The Labute approximate surface area is 339 Å². The number of hydroxylamine groups is 2. The van der Waals surface area contributed by atoms with Crippen molar-refractivity contribution in [3.8, 4) is 17.1 Å². The smallest absolute Gasteiger partial charge is 0.337 e. The topological polar surface area (TPSA) is 200 Å². The molecule has 15 heteroatoms. The van der Waals surface area contributed by atoms with Crippen LogP contribution in [0.15, 0.2) is 65.1 Å². The predicted octanol–water partition coefficient (Wildman–Crippen LogP) is 5.91. The van der Waals surface area contributed by atoms with Crippen molar-refractivity contribution in [1.82, 2.24) is 21.0 Å². The van der Waals surface area contributed by atoms with Crippen molar-refractivity contribution in [2.45, 2.75) is 106 Å². The summed E-state index contributed by atoms with van der Waals surface area (Å²) in [6.07, 6.45) is 3.37. The first-order valence-corrected chi connectivity index (χ1v) is 19.5. The molecule has 58 heavy (non-hydrogen) atoms. The minimum Gasteiger partial charge on any atom is -0.493 e. The van der Waals surface area contributed by atoms with E-state index < -0.39 is 53.1 Å². The Bertz CT molecular complexity index is 1870. The first kappa shape index (κ1) is 46.4. The number of nitrogens with one attached hydrogen (secondary N) is 3. The number of hydrogen-bond acceptors (Lipinski definition) is 11. The molecule has 3 atom stereocenters. The lowest BCUT2D eigenvalue weighted by Crippen LogP contribution is -2.49. The number of furan rings is 1. The molecule has 3 aromatic rings. The number of unbranched alkanes of at least 4 members (excludes halogenated alkanes) is 2. The number of carbonyl (C=O) groups excluding carboxylic acids is 7. The molecule has 0 aliphatic heterocycles. The third kappa shape index (κ3) is 13.9. The molecule has 0 saturated heterocycles. The fraction of sp³-hybridized carbons (Fsp3) is 0.465. The first-order chi connectivity index (χ1) is 27.6. The van der Waals surface area contributed by atoms with Crippen LogP contribution in [0.5, 0.6) is 5.75 Å². The Morgan fingerprint density at radius 3 is 2.24 bits per heavy atom. The average Bonchev–Trinajstić information content (AvgIpc) is 3.69. The van der Waals surface area contributed by atoms with Crippen LogP contribution < -0.4 is 20.7 Å². The van der Waals surface area contributed by atoms with Crippen LogP contribution in [0.3, 0.4) is 0 Å². The van der Waals surface area contributed by atoms with Gasteiger partial charge in [-0.3, -0.25) is 24.0 Å². The van der Waals surface area contributed by atoms with Gasteiger partial charge in [-0.25, -0.2) is 9.59 Å². The fourth-order valence-electron chi connectivity index (χ4n) is 5.88. The molecule has 4 amide bonds. The van der Waals surface area contributed by atoms with Gasteiger partial charge in [-0.05, 0) is 77.3 Å². The SMILES string of the molecule is CCCCC[C@@H](C(=O)NCNC(=O)c1ccc(-c2ccc(C(=O)N[C@@H](CC(C)=O)C(=O)OCc3ccccc3)c(OCC)c2)o1)[C@@H](CC)N(C=O)OC(=O)C(C)(C)C. The molecule has 0 saturated carbocycles. The average molecular weight is 805 g/mol. The lowest BCUT2D eigenvalue weighted by molar-refractivity contribution is -0.211. The van der Waals surface area contributed by atoms with Crippen molar-refractivity contribution in [3.63, 3.8) is 0 Å². The molecular weight excluding hydrogens is 748 g/mol. The number of nitrogens with zero attached hydrogens (tertiary/aromatic N) is 1. The van der Waals surface area contributed by atoms with Gasteiger partial charge in [-0.1, -0.05) is 69.5 Å². The molecule has 3 N–H and O–H groups in total. The second-order valence-electron chi connectivity index (χ2n) is 14.7. The minimum atomic E-state index is -1.23. The van der Waals surface area contributed by atoms with Gasteiger partial charge < -0.3 is 34.7 Å². The highest BCUT2D eigenvalue weighted by atomic mass is 16.7. The van der Waals surface area contributed by atoms with E-state index in [0.29, 0.717) is 31.2 Å². The van der Waals surface area contributed by atoms with Crippen molar-refractivity contribution < 1.29 is 52.3 Å². The number of carbonyl (C=O) groups is 7. The Balaban J connectivity index is 1.69. The van der Waals surface area contributed by atoms with Crippen molar-refractivity contribution in [2.75, 3.05) is 13.3 Å². The lowest BCUT2D eigenvalue weighted by atomic mass is 9.90. The zero-order chi connectivity index (χ0) is 42.8. The van der Waals surface area contributed by atoms with Gasteiger partial charge in [0, 0.05) is 12.0 Å². The number of rotatable bonds is 23. The third-order valence-electron chi connectivity index (χ3n) is 9.03. The number of ketones is 1. The largest absolute Gasteiger partial charge is 0.493 e. The minimum absolute atomic E-state index is 0.0289. The molecular formula is C43H56N4O11. The van der Waals surface area contributed by atoms with Crippen LogP contribution in [0.25, 0.3) is 11.3 Å². The van der Waals surface area contributed by atoms with Crippen LogP contribution in [0.2, 0.25) is 0 Å². The highest BCUT2D eigenvalue weighted by molar-refractivity contribution is 6.00. The molecule has 1 aromatic heterocycles. The van der Waals surface area contributed by atoms with Gasteiger partial charge in [0.05, 0.1) is 36.2 Å². The summed E-state index contributed by atoms with van der Waals surface area (Å²) in [6, 6.07) is 14.7. The maximum atomic E-state index is 13.5. The number of Topliss-reactive ketones (excluding diaryl/α,β-unsaturated/α-hetero) is 1. The van der Waals surface area contributed by atoms with Gasteiger partial charge in [-0.15, -0.1) is 0 Å². The number of ether oxygens (including phenoxy) is 2. The molecule has 2 aromatic carbocycles. The van der Waals surface area contributed by atoms with E-state index in [9.17, 15) is 33.6 Å². The van der Waals surface area contributed by atoms with Gasteiger partial charge in [0.2, 0.25) is 12.3 Å². The van der Waals surface area contributed by atoms with Crippen LogP contribution in [0.1, 0.15) is 113 Å². The van der Waals surface area contributed by atoms with Crippen molar-refractivity contribution in [3.05, 3.63) is 77.6 Å². The fourth-order valence-corrected chi connectivity index (χ4v) is 5.88. The van der Waals surface area contributed by atoms with Gasteiger partial charge >= 0.3 is 11.9 Å². The number of esters is 1. The van der Waals surface area contributed by atoms with E-state index >= 15 is 0 Å². The highest BCUT2D eigenvalue weighted by Gasteiger charge is 2.35. The summed E-state index contributed by atoms with van der Waals surface area (Å²) in [5.41, 5.74) is 0.446. The summed E-state index contributed by atoms with van der Waals surface area (Å²) in [6.45, 7) is 11.8. The molecule has 15 nitrogen and oxygen atoms in total. The molecule has 0 spiro atoms. The van der Waals surface area contributed by atoms with E-state index in [2.05, 4.69) is 16.0 Å². The number of amides is 4. The lowest BCUT2D eigenvalue weighted by Gasteiger charge is -2.33. The van der Waals surface area contributed by atoms with E-state index in [0.717, 1.165) is 23.5 Å².